The fourth-order valence-electron chi connectivity index (χ4n) is 3.19. The second-order valence-electron chi connectivity index (χ2n) is 7.06. The summed E-state index contributed by atoms with van der Waals surface area (Å²) in [6.07, 6.45) is 1.73. The monoisotopic (exact) mass is 480 g/mol. The summed E-state index contributed by atoms with van der Waals surface area (Å²) in [5.74, 6) is 1.61. The third-order valence-electron chi connectivity index (χ3n) is 5.06. The summed E-state index contributed by atoms with van der Waals surface area (Å²) in [6.45, 7) is -0.816. The summed E-state index contributed by atoms with van der Waals surface area (Å²) >= 11 is 0. The molecular formula is C22H25ClN2O8. The van der Waals surface area contributed by atoms with E-state index >= 15 is 0 Å². The number of nitro benzene ring substituents is 1. The van der Waals surface area contributed by atoms with Gasteiger partial charge in [-0.2, -0.15) is 0 Å². The van der Waals surface area contributed by atoms with Crippen LogP contribution in [0.2, 0.25) is 0 Å². The van der Waals surface area contributed by atoms with Gasteiger partial charge >= 0.3 is 0 Å². The molecule has 3 rings (SSSR count). The van der Waals surface area contributed by atoms with E-state index < -0.39 is 23.7 Å². The fourth-order valence-corrected chi connectivity index (χ4v) is 3.19. The van der Waals surface area contributed by atoms with Gasteiger partial charge in [-0.15, -0.1) is 12.4 Å². The van der Waals surface area contributed by atoms with Crippen LogP contribution >= 0.6 is 12.4 Å². The molecule has 0 radical (unpaired) electrons. The average Bonchev–Trinajstić information content (AvgIpc) is 3.27. The number of hydrogen-bond donors (Lipinski definition) is 2. The molecule has 0 bridgehead atoms. The highest BCUT2D eigenvalue weighted by atomic mass is 35.5. The molecule has 0 spiro atoms. The van der Waals surface area contributed by atoms with Crippen LogP contribution in [0.4, 0.5) is 5.69 Å². The van der Waals surface area contributed by atoms with Crippen molar-refractivity contribution in [2.24, 2.45) is 4.99 Å². The van der Waals surface area contributed by atoms with E-state index in [2.05, 4.69) is 4.99 Å². The number of halogens is 1. The Morgan fingerprint density at radius 1 is 1.09 bits per heavy atom. The number of aliphatic hydroxyl groups is 2. The molecule has 10 nitrogen and oxygen atoms in total. The summed E-state index contributed by atoms with van der Waals surface area (Å²) in [4.78, 5) is 15.0. The molecule has 11 heteroatoms. The molecule has 0 fully saturated rings. The van der Waals surface area contributed by atoms with Crippen LogP contribution in [-0.4, -0.2) is 67.7 Å². The molecule has 33 heavy (non-hydrogen) atoms. The van der Waals surface area contributed by atoms with Crippen molar-refractivity contribution in [3.05, 3.63) is 57.6 Å². The first kappa shape index (κ1) is 25.9. The summed E-state index contributed by atoms with van der Waals surface area (Å²) in [6, 6.07) is 9.26. The van der Waals surface area contributed by atoms with E-state index in [0.29, 0.717) is 33.9 Å². The smallest absolute Gasteiger partial charge is 0.269 e. The first-order valence-electron chi connectivity index (χ1n) is 9.61. The van der Waals surface area contributed by atoms with Crippen molar-refractivity contribution in [3.63, 3.8) is 0 Å². The minimum atomic E-state index is -1.17. The van der Waals surface area contributed by atoms with Crippen molar-refractivity contribution >= 4 is 35.6 Å². The number of rotatable bonds is 9. The molecule has 0 aromatic heterocycles. The molecule has 2 aromatic rings. The number of methoxy groups -OCH3 is 3. The lowest BCUT2D eigenvalue weighted by Gasteiger charge is -2.16. The zero-order valence-electron chi connectivity index (χ0n) is 18.3. The lowest BCUT2D eigenvalue weighted by molar-refractivity contribution is -0.384. The van der Waals surface area contributed by atoms with E-state index in [1.165, 1.54) is 33.5 Å². The number of aliphatic hydroxyl groups excluding tert-OH is 2. The van der Waals surface area contributed by atoms with Crippen LogP contribution in [0.5, 0.6) is 17.2 Å². The maximum atomic E-state index is 11.1. The van der Waals surface area contributed by atoms with Crippen LogP contribution < -0.4 is 14.2 Å². The quantitative estimate of drug-likeness (QED) is 0.318. The highest BCUT2D eigenvalue weighted by Crippen LogP contribution is 2.37. The van der Waals surface area contributed by atoms with Gasteiger partial charge in [0.1, 0.15) is 17.9 Å². The topological polar surface area (TPSA) is 133 Å². The van der Waals surface area contributed by atoms with Crippen molar-refractivity contribution in [1.29, 1.82) is 0 Å². The normalized spacial score (nSPS) is 14.6. The van der Waals surface area contributed by atoms with Crippen molar-refractivity contribution < 1.29 is 34.1 Å². The predicted molar refractivity (Wildman–Crippen MR) is 125 cm³/mol. The van der Waals surface area contributed by atoms with Gasteiger partial charge in [0.05, 0.1) is 39.5 Å². The third-order valence-corrected chi connectivity index (χ3v) is 5.06. The molecule has 0 unspecified atom stereocenters. The van der Waals surface area contributed by atoms with E-state index in [9.17, 15) is 20.3 Å². The predicted octanol–water partition coefficient (Wildman–Crippen LogP) is 2.74. The highest BCUT2D eigenvalue weighted by molar-refractivity contribution is 6.25. The molecule has 1 aliphatic heterocycles. The van der Waals surface area contributed by atoms with Crippen molar-refractivity contribution in [1.82, 2.24) is 0 Å². The van der Waals surface area contributed by atoms with Crippen LogP contribution in [-0.2, 0) is 4.74 Å². The van der Waals surface area contributed by atoms with E-state index in [0.717, 1.165) is 0 Å². The van der Waals surface area contributed by atoms with Crippen molar-refractivity contribution in [2.75, 3.05) is 41.2 Å². The van der Waals surface area contributed by atoms with Gasteiger partial charge in [-0.25, -0.2) is 4.99 Å². The summed E-state index contributed by atoms with van der Waals surface area (Å²) in [5.41, 5.74) is 0.435. The number of hydrogen-bond acceptors (Lipinski definition) is 9. The van der Waals surface area contributed by atoms with Gasteiger partial charge in [0, 0.05) is 29.3 Å². The molecule has 178 valence electrons. The molecule has 0 aliphatic carbocycles. The largest absolute Gasteiger partial charge is 0.496 e. The fraction of sp³-hybridized carbons (Fsp3) is 0.318. The van der Waals surface area contributed by atoms with Gasteiger partial charge in [-0.05, 0) is 29.8 Å². The lowest BCUT2D eigenvalue weighted by atomic mass is 10.0. The van der Waals surface area contributed by atoms with Crippen molar-refractivity contribution in [2.45, 2.75) is 5.54 Å². The number of benzene rings is 2. The maximum absolute atomic E-state index is 11.1. The minimum Gasteiger partial charge on any atom is -0.496 e. The maximum Gasteiger partial charge on any atom is 0.269 e. The zero-order chi connectivity index (χ0) is 23.3. The van der Waals surface area contributed by atoms with Gasteiger partial charge in [0.2, 0.25) is 5.90 Å². The Balaban J connectivity index is 0.00000385. The summed E-state index contributed by atoms with van der Waals surface area (Å²) in [5, 5.41) is 30.4. The molecule has 1 heterocycles. The Morgan fingerprint density at radius 3 is 2.15 bits per heavy atom. The first-order chi connectivity index (χ1) is 15.4. The Kier molecular flexibility index (Phi) is 8.63. The molecule has 0 amide bonds. The first-order valence-corrected chi connectivity index (χ1v) is 9.61. The Morgan fingerprint density at radius 2 is 1.67 bits per heavy atom. The number of aliphatic imine (C=N–C) groups is 1. The number of ether oxygens (including phenoxy) is 4. The van der Waals surface area contributed by atoms with E-state index in [1.54, 1.807) is 30.3 Å². The molecule has 2 aromatic carbocycles. The number of nitro groups is 1. The minimum absolute atomic E-state index is 0. The van der Waals surface area contributed by atoms with Crippen molar-refractivity contribution in [3.8, 4) is 17.2 Å². The average molecular weight is 481 g/mol. The number of nitrogens with zero attached hydrogens (tertiary/aromatic N) is 2. The molecule has 0 saturated heterocycles. The van der Waals surface area contributed by atoms with Gasteiger partial charge in [-0.3, -0.25) is 10.1 Å². The lowest BCUT2D eigenvalue weighted by Crippen LogP contribution is -2.37. The van der Waals surface area contributed by atoms with Gasteiger partial charge in [0.25, 0.3) is 5.69 Å². The molecule has 1 aliphatic rings. The van der Waals surface area contributed by atoms with E-state index in [1.807, 2.05) is 0 Å². The third kappa shape index (κ3) is 5.36. The van der Waals surface area contributed by atoms with Crippen LogP contribution in [0.15, 0.2) is 41.4 Å². The van der Waals surface area contributed by atoms with Crippen LogP contribution in [0.3, 0.4) is 0 Å². The summed E-state index contributed by atoms with van der Waals surface area (Å²) in [7, 11) is 4.53. The Bertz CT molecular complexity index is 1050. The SMILES string of the molecule is COc1cc(OC)c(OC)cc1/C=C(\C1=NC(CO)(CO)CO1)c1ccc([N+](=O)[O-])cc1.Cl. The zero-order valence-corrected chi connectivity index (χ0v) is 19.1. The highest BCUT2D eigenvalue weighted by Gasteiger charge is 2.37. The van der Waals surface area contributed by atoms with Crippen LogP contribution in [0, 0.1) is 10.1 Å². The Labute approximate surface area is 196 Å². The van der Waals surface area contributed by atoms with Gasteiger partial charge < -0.3 is 29.2 Å². The van der Waals surface area contributed by atoms with Gasteiger partial charge in [0.15, 0.2) is 11.5 Å². The van der Waals surface area contributed by atoms with Crippen LogP contribution in [0.1, 0.15) is 11.1 Å². The molecular weight excluding hydrogens is 456 g/mol. The molecule has 0 saturated carbocycles. The van der Waals surface area contributed by atoms with Gasteiger partial charge in [-0.1, -0.05) is 0 Å². The molecule has 0 atom stereocenters. The van der Waals surface area contributed by atoms with E-state index in [-0.39, 0.29) is 30.6 Å². The second kappa shape index (κ2) is 11.0. The Hall–Kier alpha value is -3.34. The van der Waals surface area contributed by atoms with E-state index in [4.69, 9.17) is 18.9 Å². The standard InChI is InChI=1S/C22H24N2O8.ClH/c1-29-18-10-20(31-3)19(30-2)9-15(18)8-17(14-4-6-16(7-5-14)24(27)28)21-23-22(11-25,12-26)13-32-21;/h4-10,25-26H,11-13H2,1-3H3;1H/b17-8-;. The summed E-state index contributed by atoms with van der Waals surface area (Å²) < 4.78 is 21.9. The van der Waals surface area contributed by atoms with Crippen LogP contribution in [0.25, 0.3) is 11.6 Å². The number of non-ortho nitro benzene ring substituents is 1. The second-order valence-corrected chi connectivity index (χ2v) is 7.06. The molecule has 2 N–H and O–H groups in total.